The van der Waals surface area contributed by atoms with Crippen LogP contribution in [-0.2, 0) is 4.79 Å². The van der Waals surface area contributed by atoms with Crippen LogP contribution in [0.15, 0.2) is 24.3 Å². The number of carbonyl (C=O) groups excluding carboxylic acids is 2. The molecule has 22 heavy (non-hydrogen) atoms. The normalized spacial score (nSPS) is 16.4. The van der Waals surface area contributed by atoms with Crippen LogP contribution in [0.25, 0.3) is 0 Å². The monoisotopic (exact) mass is 334 g/mol. The number of nitrogens with zero attached hydrogens (tertiary/aromatic N) is 2. The lowest BCUT2D eigenvalue weighted by molar-refractivity contribution is -0.185. The van der Waals surface area contributed by atoms with Crippen molar-refractivity contribution >= 4 is 23.4 Å². The molecule has 1 saturated heterocycles. The number of amides is 2. The summed E-state index contributed by atoms with van der Waals surface area (Å²) in [7, 11) is 0. The highest BCUT2D eigenvalue weighted by Gasteiger charge is 2.42. The molecule has 1 heterocycles. The second kappa shape index (κ2) is 6.56. The predicted molar refractivity (Wildman–Crippen MR) is 74.6 cm³/mol. The number of halogens is 4. The van der Waals surface area contributed by atoms with Gasteiger partial charge in [0.05, 0.1) is 0 Å². The predicted octanol–water partition coefficient (Wildman–Crippen LogP) is 2.58. The van der Waals surface area contributed by atoms with E-state index in [0.717, 1.165) is 4.90 Å². The fraction of sp³-hybridized carbons (Fsp3) is 0.429. The van der Waals surface area contributed by atoms with Gasteiger partial charge < -0.3 is 9.80 Å². The molecule has 0 atom stereocenters. The first-order valence-corrected chi connectivity index (χ1v) is 7.08. The lowest BCUT2D eigenvalue weighted by Gasteiger charge is -2.23. The molecule has 2 rings (SSSR count). The topological polar surface area (TPSA) is 40.6 Å². The molecule has 1 aliphatic heterocycles. The van der Waals surface area contributed by atoms with Gasteiger partial charge in [0.2, 0.25) is 0 Å². The lowest BCUT2D eigenvalue weighted by atomic mass is 10.2. The Balaban J connectivity index is 2.02. The first-order valence-electron chi connectivity index (χ1n) is 6.70. The van der Waals surface area contributed by atoms with Crippen molar-refractivity contribution in [1.29, 1.82) is 0 Å². The Labute approximate surface area is 130 Å². The van der Waals surface area contributed by atoms with E-state index in [2.05, 4.69) is 0 Å². The summed E-state index contributed by atoms with van der Waals surface area (Å²) in [5.74, 6) is -2.13. The van der Waals surface area contributed by atoms with Crippen LogP contribution in [0, 0.1) is 0 Å². The molecule has 1 aromatic rings. The summed E-state index contributed by atoms with van der Waals surface area (Å²) in [6.07, 6.45) is -4.57. The second-order valence-corrected chi connectivity index (χ2v) is 5.38. The summed E-state index contributed by atoms with van der Waals surface area (Å²) in [6.45, 7) is 0.243. The number of hydrogen-bond acceptors (Lipinski definition) is 2. The number of rotatable bonds is 1. The second-order valence-electron chi connectivity index (χ2n) is 4.94. The molecular formula is C14H14ClF3N2O2. The lowest BCUT2D eigenvalue weighted by Crippen LogP contribution is -2.43. The maximum Gasteiger partial charge on any atom is 0.471 e. The maximum atomic E-state index is 12.4. The van der Waals surface area contributed by atoms with Crippen molar-refractivity contribution in [2.24, 2.45) is 0 Å². The molecule has 1 aliphatic rings. The number of hydrogen-bond donors (Lipinski definition) is 0. The molecule has 0 unspecified atom stereocenters. The zero-order valence-electron chi connectivity index (χ0n) is 11.6. The number of carbonyl (C=O) groups is 2. The largest absolute Gasteiger partial charge is 0.471 e. The third kappa shape index (κ3) is 3.91. The molecule has 1 fully saturated rings. The minimum atomic E-state index is -4.88. The molecule has 0 spiro atoms. The zero-order valence-corrected chi connectivity index (χ0v) is 12.3. The Morgan fingerprint density at radius 2 is 1.50 bits per heavy atom. The van der Waals surface area contributed by atoms with Gasteiger partial charge in [-0.3, -0.25) is 9.59 Å². The van der Waals surface area contributed by atoms with E-state index in [1.165, 1.54) is 4.90 Å². The summed E-state index contributed by atoms with van der Waals surface area (Å²) < 4.78 is 37.3. The van der Waals surface area contributed by atoms with Crippen LogP contribution in [0.4, 0.5) is 13.2 Å². The Morgan fingerprint density at radius 3 is 2.09 bits per heavy atom. The van der Waals surface area contributed by atoms with Gasteiger partial charge in [-0.05, 0) is 30.7 Å². The molecular weight excluding hydrogens is 321 g/mol. The number of alkyl halides is 3. The minimum absolute atomic E-state index is 0.0112. The molecule has 0 radical (unpaired) electrons. The van der Waals surface area contributed by atoms with E-state index in [1.807, 2.05) is 0 Å². The van der Waals surface area contributed by atoms with Crippen LogP contribution in [0.5, 0.6) is 0 Å². The van der Waals surface area contributed by atoms with Crippen LogP contribution >= 0.6 is 11.6 Å². The van der Waals surface area contributed by atoms with E-state index in [4.69, 9.17) is 11.6 Å². The van der Waals surface area contributed by atoms with Gasteiger partial charge in [-0.15, -0.1) is 0 Å². The van der Waals surface area contributed by atoms with Crippen molar-refractivity contribution in [1.82, 2.24) is 9.80 Å². The van der Waals surface area contributed by atoms with Gasteiger partial charge in [0.15, 0.2) is 0 Å². The Kier molecular flexibility index (Phi) is 4.95. The molecule has 0 N–H and O–H groups in total. The number of benzene rings is 1. The third-order valence-electron chi connectivity index (χ3n) is 3.40. The van der Waals surface area contributed by atoms with E-state index >= 15 is 0 Å². The Hall–Kier alpha value is -1.76. The van der Waals surface area contributed by atoms with Gasteiger partial charge >= 0.3 is 12.1 Å². The van der Waals surface area contributed by atoms with Gasteiger partial charge in [0.25, 0.3) is 5.91 Å². The third-order valence-corrected chi connectivity index (χ3v) is 3.66. The summed E-state index contributed by atoms with van der Waals surface area (Å²) >= 11 is 5.75. The van der Waals surface area contributed by atoms with Crippen molar-refractivity contribution in [2.45, 2.75) is 12.6 Å². The van der Waals surface area contributed by atoms with Crippen LogP contribution in [-0.4, -0.2) is 54.0 Å². The Bertz CT molecular complexity index is 560. The van der Waals surface area contributed by atoms with Gasteiger partial charge in [0, 0.05) is 36.8 Å². The van der Waals surface area contributed by atoms with Crippen molar-refractivity contribution in [2.75, 3.05) is 26.2 Å². The van der Waals surface area contributed by atoms with Crippen molar-refractivity contribution < 1.29 is 22.8 Å². The average molecular weight is 335 g/mol. The summed E-state index contributed by atoms with van der Waals surface area (Å²) in [6, 6.07) is 6.28. The van der Waals surface area contributed by atoms with Crippen LogP contribution in [0.1, 0.15) is 16.8 Å². The van der Waals surface area contributed by atoms with E-state index in [-0.39, 0.29) is 25.5 Å². The van der Waals surface area contributed by atoms with Gasteiger partial charge in [-0.25, -0.2) is 0 Å². The first-order chi connectivity index (χ1) is 10.3. The SMILES string of the molecule is O=C(c1ccc(Cl)cc1)N1CCCN(C(=O)C(F)(F)F)CC1. The van der Waals surface area contributed by atoms with E-state index < -0.39 is 12.1 Å². The zero-order chi connectivity index (χ0) is 16.3. The highest BCUT2D eigenvalue weighted by molar-refractivity contribution is 6.30. The van der Waals surface area contributed by atoms with Gasteiger partial charge in [-0.2, -0.15) is 13.2 Å². The van der Waals surface area contributed by atoms with E-state index in [1.54, 1.807) is 24.3 Å². The van der Waals surface area contributed by atoms with Gasteiger partial charge in [0.1, 0.15) is 0 Å². The summed E-state index contributed by atoms with van der Waals surface area (Å²) in [4.78, 5) is 25.7. The molecule has 0 saturated carbocycles. The molecule has 1 aromatic carbocycles. The van der Waals surface area contributed by atoms with Crippen molar-refractivity contribution in [3.05, 3.63) is 34.9 Å². The van der Waals surface area contributed by atoms with E-state index in [0.29, 0.717) is 23.6 Å². The van der Waals surface area contributed by atoms with E-state index in [9.17, 15) is 22.8 Å². The molecule has 8 heteroatoms. The summed E-state index contributed by atoms with van der Waals surface area (Å²) in [5, 5.41) is 0.495. The molecule has 0 bridgehead atoms. The average Bonchev–Trinajstić information content (AvgIpc) is 2.71. The smallest absolute Gasteiger partial charge is 0.337 e. The first kappa shape index (κ1) is 16.6. The quantitative estimate of drug-likeness (QED) is 0.792. The van der Waals surface area contributed by atoms with Gasteiger partial charge in [-0.1, -0.05) is 11.6 Å². The Morgan fingerprint density at radius 1 is 0.955 bits per heavy atom. The highest BCUT2D eigenvalue weighted by atomic mass is 35.5. The van der Waals surface area contributed by atoms with Crippen molar-refractivity contribution in [3.63, 3.8) is 0 Å². The minimum Gasteiger partial charge on any atom is -0.337 e. The molecule has 2 amide bonds. The van der Waals surface area contributed by atoms with Crippen LogP contribution < -0.4 is 0 Å². The summed E-state index contributed by atoms with van der Waals surface area (Å²) in [5.41, 5.74) is 0.417. The maximum absolute atomic E-state index is 12.4. The van der Waals surface area contributed by atoms with Crippen LogP contribution in [0.3, 0.4) is 0 Å². The standard InChI is InChI=1S/C14H14ClF3N2O2/c15-11-4-2-10(3-5-11)12(21)19-6-1-7-20(9-8-19)13(22)14(16,17)18/h2-5H,1,6-9H2. The molecule has 120 valence electrons. The molecule has 0 aromatic heterocycles. The molecule has 4 nitrogen and oxygen atoms in total. The fourth-order valence-corrected chi connectivity index (χ4v) is 2.40. The molecule has 0 aliphatic carbocycles. The van der Waals surface area contributed by atoms with Crippen molar-refractivity contribution in [3.8, 4) is 0 Å². The van der Waals surface area contributed by atoms with Crippen LogP contribution in [0.2, 0.25) is 5.02 Å². The highest BCUT2D eigenvalue weighted by Crippen LogP contribution is 2.20. The fourth-order valence-electron chi connectivity index (χ4n) is 2.28.